The summed E-state index contributed by atoms with van der Waals surface area (Å²) in [6.45, 7) is 2.12. The van der Waals surface area contributed by atoms with Crippen LogP contribution in [0.1, 0.15) is 29.5 Å². The van der Waals surface area contributed by atoms with Gasteiger partial charge in [-0.05, 0) is 47.7 Å². The molecular formula is C19H21NO2. The molecule has 0 spiro atoms. The van der Waals surface area contributed by atoms with E-state index >= 15 is 0 Å². The molecule has 1 atom stereocenters. The van der Waals surface area contributed by atoms with Gasteiger partial charge in [-0.25, -0.2) is 0 Å². The highest BCUT2D eigenvalue weighted by Gasteiger charge is 2.15. The number of nitrogens with zero attached hydrogens (tertiary/aromatic N) is 1. The van der Waals surface area contributed by atoms with E-state index < -0.39 is 0 Å². The van der Waals surface area contributed by atoms with Crippen LogP contribution in [0, 0.1) is 11.3 Å². The fraction of sp³-hybridized carbons (Fsp3) is 0.316. The SMILES string of the molecule is CCc1ccc(OC)c(CC(C#N)c2ccc(OC)cc2)c1. The molecule has 0 aromatic heterocycles. The minimum Gasteiger partial charge on any atom is -0.497 e. The summed E-state index contributed by atoms with van der Waals surface area (Å²) in [5.74, 6) is 1.43. The summed E-state index contributed by atoms with van der Waals surface area (Å²) in [4.78, 5) is 0. The Labute approximate surface area is 132 Å². The van der Waals surface area contributed by atoms with Crippen LogP contribution < -0.4 is 9.47 Å². The van der Waals surface area contributed by atoms with E-state index in [1.807, 2.05) is 30.3 Å². The van der Waals surface area contributed by atoms with Crippen LogP contribution in [-0.4, -0.2) is 14.2 Å². The van der Waals surface area contributed by atoms with E-state index in [2.05, 4.69) is 25.1 Å². The summed E-state index contributed by atoms with van der Waals surface area (Å²) in [7, 11) is 3.30. The summed E-state index contributed by atoms with van der Waals surface area (Å²) < 4.78 is 10.6. The molecule has 0 amide bonds. The zero-order chi connectivity index (χ0) is 15.9. The third kappa shape index (κ3) is 3.59. The lowest BCUT2D eigenvalue weighted by atomic mass is 9.92. The Bertz CT molecular complexity index is 656. The fourth-order valence-corrected chi connectivity index (χ4v) is 2.51. The lowest BCUT2D eigenvalue weighted by molar-refractivity contribution is 0.408. The maximum atomic E-state index is 9.54. The first kappa shape index (κ1) is 15.9. The third-order valence-corrected chi connectivity index (χ3v) is 3.85. The van der Waals surface area contributed by atoms with Gasteiger partial charge >= 0.3 is 0 Å². The first-order valence-electron chi connectivity index (χ1n) is 7.41. The van der Waals surface area contributed by atoms with Gasteiger partial charge in [0, 0.05) is 0 Å². The summed E-state index contributed by atoms with van der Waals surface area (Å²) in [5.41, 5.74) is 3.32. The van der Waals surface area contributed by atoms with Gasteiger partial charge in [-0.2, -0.15) is 5.26 Å². The van der Waals surface area contributed by atoms with Crippen molar-refractivity contribution in [2.45, 2.75) is 25.7 Å². The van der Waals surface area contributed by atoms with E-state index in [9.17, 15) is 5.26 Å². The number of nitriles is 1. The van der Waals surface area contributed by atoms with Crippen molar-refractivity contribution in [3.8, 4) is 17.6 Å². The van der Waals surface area contributed by atoms with Gasteiger partial charge in [-0.3, -0.25) is 0 Å². The predicted octanol–water partition coefficient (Wildman–Crippen LogP) is 4.12. The van der Waals surface area contributed by atoms with E-state index in [0.717, 1.165) is 29.0 Å². The van der Waals surface area contributed by atoms with Gasteiger partial charge in [0.1, 0.15) is 11.5 Å². The maximum absolute atomic E-state index is 9.54. The fourth-order valence-electron chi connectivity index (χ4n) is 2.51. The molecule has 3 nitrogen and oxygen atoms in total. The van der Waals surface area contributed by atoms with Crippen LogP contribution in [0.2, 0.25) is 0 Å². The molecule has 2 aromatic rings. The van der Waals surface area contributed by atoms with Crippen LogP contribution in [0.3, 0.4) is 0 Å². The molecule has 0 aliphatic carbocycles. The number of hydrogen-bond acceptors (Lipinski definition) is 3. The monoisotopic (exact) mass is 295 g/mol. The largest absolute Gasteiger partial charge is 0.497 e. The third-order valence-electron chi connectivity index (χ3n) is 3.85. The van der Waals surface area contributed by atoms with Crippen molar-refractivity contribution in [3.63, 3.8) is 0 Å². The molecular weight excluding hydrogens is 274 g/mol. The van der Waals surface area contributed by atoms with Crippen molar-refractivity contribution in [2.24, 2.45) is 0 Å². The average Bonchev–Trinajstić information content (AvgIpc) is 2.59. The van der Waals surface area contributed by atoms with Crippen LogP contribution in [0.25, 0.3) is 0 Å². The summed E-state index contributed by atoms with van der Waals surface area (Å²) >= 11 is 0. The Morgan fingerprint density at radius 1 is 1.05 bits per heavy atom. The first-order chi connectivity index (χ1) is 10.7. The van der Waals surface area contributed by atoms with Crippen LogP contribution in [0.4, 0.5) is 0 Å². The van der Waals surface area contributed by atoms with Crippen molar-refractivity contribution in [1.29, 1.82) is 5.26 Å². The molecule has 22 heavy (non-hydrogen) atoms. The smallest absolute Gasteiger partial charge is 0.122 e. The van der Waals surface area contributed by atoms with Crippen LogP contribution in [0.5, 0.6) is 11.5 Å². The van der Waals surface area contributed by atoms with Crippen molar-refractivity contribution >= 4 is 0 Å². The number of rotatable bonds is 6. The van der Waals surface area contributed by atoms with Crippen LogP contribution >= 0.6 is 0 Å². The Hall–Kier alpha value is -2.47. The molecule has 0 fully saturated rings. The Morgan fingerprint density at radius 3 is 2.32 bits per heavy atom. The van der Waals surface area contributed by atoms with Crippen molar-refractivity contribution in [1.82, 2.24) is 0 Å². The Kier molecular flexibility index (Phi) is 5.43. The topological polar surface area (TPSA) is 42.2 Å². The van der Waals surface area contributed by atoms with Gasteiger partial charge in [0.05, 0.1) is 26.2 Å². The quantitative estimate of drug-likeness (QED) is 0.805. The van der Waals surface area contributed by atoms with Gasteiger partial charge in [-0.1, -0.05) is 31.2 Å². The first-order valence-corrected chi connectivity index (χ1v) is 7.41. The molecule has 1 unspecified atom stereocenters. The van der Waals surface area contributed by atoms with E-state index in [4.69, 9.17) is 9.47 Å². The normalized spacial score (nSPS) is 11.5. The molecule has 0 N–H and O–H groups in total. The second-order valence-electron chi connectivity index (χ2n) is 5.16. The molecule has 0 saturated heterocycles. The van der Waals surface area contributed by atoms with Gasteiger partial charge in [0.15, 0.2) is 0 Å². The van der Waals surface area contributed by atoms with Crippen LogP contribution in [0.15, 0.2) is 42.5 Å². The molecule has 0 aliphatic heterocycles. The highest BCUT2D eigenvalue weighted by atomic mass is 16.5. The van der Waals surface area contributed by atoms with E-state index in [1.54, 1.807) is 14.2 Å². The van der Waals surface area contributed by atoms with Crippen molar-refractivity contribution < 1.29 is 9.47 Å². The lowest BCUT2D eigenvalue weighted by Gasteiger charge is -2.14. The van der Waals surface area contributed by atoms with E-state index in [-0.39, 0.29) is 5.92 Å². The minimum atomic E-state index is -0.202. The number of hydrogen-bond donors (Lipinski definition) is 0. The van der Waals surface area contributed by atoms with Crippen LogP contribution in [-0.2, 0) is 12.8 Å². The minimum absolute atomic E-state index is 0.202. The van der Waals surface area contributed by atoms with Gasteiger partial charge in [0.25, 0.3) is 0 Å². The molecule has 0 heterocycles. The molecule has 2 rings (SSSR count). The van der Waals surface area contributed by atoms with E-state index in [0.29, 0.717) is 6.42 Å². The standard InChI is InChI=1S/C19H21NO2/c1-4-14-5-10-19(22-3)16(11-14)12-17(13-20)15-6-8-18(21-2)9-7-15/h5-11,17H,4,12H2,1-3H3. The lowest BCUT2D eigenvalue weighted by Crippen LogP contribution is -2.03. The van der Waals surface area contributed by atoms with Gasteiger partial charge < -0.3 is 9.47 Å². The maximum Gasteiger partial charge on any atom is 0.122 e. The van der Waals surface area contributed by atoms with Gasteiger partial charge in [0.2, 0.25) is 0 Å². The molecule has 0 bridgehead atoms. The number of aryl methyl sites for hydroxylation is 1. The Morgan fingerprint density at radius 2 is 1.77 bits per heavy atom. The van der Waals surface area contributed by atoms with Crippen molar-refractivity contribution in [3.05, 3.63) is 59.2 Å². The number of methoxy groups -OCH3 is 2. The summed E-state index contributed by atoms with van der Waals surface area (Å²) in [6.07, 6.45) is 1.61. The second-order valence-corrected chi connectivity index (χ2v) is 5.16. The van der Waals surface area contributed by atoms with Gasteiger partial charge in [-0.15, -0.1) is 0 Å². The zero-order valence-corrected chi connectivity index (χ0v) is 13.3. The molecule has 0 radical (unpaired) electrons. The highest BCUT2D eigenvalue weighted by molar-refractivity contribution is 5.41. The molecule has 114 valence electrons. The zero-order valence-electron chi connectivity index (χ0n) is 13.3. The van der Waals surface area contributed by atoms with E-state index in [1.165, 1.54) is 5.56 Å². The predicted molar refractivity (Wildman–Crippen MR) is 87.4 cm³/mol. The molecule has 0 aliphatic rings. The van der Waals surface area contributed by atoms with Crippen molar-refractivity contribution in [2.75, 3.05) is 14.2 Å². The number of benzene rings is 2. The summed E-state index contributed by atoms with van der Waals surface area (Å²) in [5, 5.41) is 9.54. The molecule has 0 saturated carbocycles. The average molecular weight is 295 g/mol. The Balaban J connectivity index is 2.27. The number of ether oxygens (including phenoxy) is 2. The molecule has 2 aromatic carbocycles. The highest BCUT2D eigenvalue weighted by Crippen LogP contribution is 2.28. The second kappa shape index (κ2) is 7.51. The summed E-state index contributed by atoms with van der Waals surface area (Å²) in [6, 6.07) is 16.2. The molecule has 3 heteroatoms.